The van der Waals surface area contributed by atoms with Crippen LogP contribution < -0.4 is 0 Å². The first-order valence-corrected chi connectivity index (χ1v) is 3.91. The molecule has 0 aliphatic carbocycles. The number of ether oxygens (including phenoxy) is 1. The summed E-state index contributed by atoms with van der Waals surface area (Å²) in [4.78, 5) is 12.3. The molecule has 0 aromatic carbocycles. The number of aliphatic hydroxyl groups excluding tert-OH is 1. The van der Waals surface area contributed by atoms with Crippen molar-refractivity contribution in [2.24, 2.45) is 0 Å². The molecule has 0 radical (unpaired) electrons. The SMILES string of the molecule is C=CCC(C)N1C(=O)OCC1O. The molecule has 0 saturated carbocycles. The van der Waals surface area contributed by atoms with Gasteiger partial charge in [-0.05, 0) is 13.3 Å². The van der Waals surface area contributed by atoms with Gasteiger partial charge in [0.25, 0.3) is 0 Å². The van der Waals surface area contributed by atoms with E-state index in [1.54, 1.807) is 6.08 Å². The van der Waals surface area contributed by atoms with Crippen LogP contribution in [-0.4, -0.2) is 35.0 Å². The summed E-state index contributed by atoms with van der Waals surface area (Å²) in [5.41, 5.74) is 0. The van der Waals surface area contributed by atoms with Crippen molar-refractivity contribution in [3.63, 3.8) is 0 Å². The van der Waals surface area contributed by atoms with Crippen molar-refractivity contribution in [1.29, 1.82) is 0 Å². The molecule has 1 heterocycles. The molecule has 1 amide bonds. The third-order valence-electron chi connectivity index (χ3n) is 1.87. The summed E-state index contributed by atoms with van der Waals surface area (Å²) in [5, 5.41) is 9.30. The van der Waals surface area contributed by atoms with Crippen molar-refractivity contribution in [2.75, 3.05) is 6.61 Å². The van der Waals surface area contributed by atoms with Crippen LogP contribution in [0.5, 0.6) is 0 Å². The second-order valence-electron chi connectivity index (χ2n) is 2.84. The maximum absolute atomic E-state index is 11.0. The first-order valence-electron chi connectivity index (χ1n) is 3.91. The summed E-state index contributed by atoms with van der Waals surface area (Å²) in [5.74, 6) is 0. The van der Waals surface area contributed by atoms with Crippen LogP contribution in [-0.2, 0) is 4.74 Å². The van der Waals surface area contributed by atoms with Crippen LogP contribution in [0.4, 0.5) is 4.79 Å². The molecule has 1 rings (SSSR count). The minimum Gasteiger partial charge on any atom is -0.445 e. The largest absolute Gasteiger partial charge is 0.445 e. The lowest BCUT2D eigenvalue weighted by Gasteiger charge is -2.23. The number of hydrogen-bond donors (Lipinski definition) is 1. The van der Waals surface area contributed by atoms with Crippen LogP contribution in [0.25, 0.3) is 0 Å². The van der Waals surface area contributed by atoms with Gasteiger partial charge < -0.3 is 9.84 Å². The van der Waals surface area contributed by atoms with E-state index in [-0.39, 0.29) is 12.6 Å². The molecule has 0 bridgehead atoms. The van der Waals surface area contributed by atoms with E-state index >= 15 is 0 Å². The summed E-state index contributed by atoms with van der Waals surface area (Å²) in [6.45, 7) is 5.48. The molecule has 2 unspecified atom stereocenters. The molecular weight excluding hydrogens is 158 g/mol. The van der Waals surface area contributed by atoms with Crippen LogP contribution in [0.15, 0.2) is 12.7 Å². The Balaban J connectivity index is 2.58. The van der Waals surface area contributed by atoms with Gasteiger partial charge in [0.05, 0.1) is 0 Å². The molecule has 1 fully saturated rings. The van der Waals surface area contributed by atoms with Crippen molar-refractivity contribution in [3.8, 4) is 0 Å². The predicted molar refractivity (Wildman–Crippen MR) is 43.5 cm³/mol. The van der Waals surface area contributed by atoms with Gasteiger partial charge >= 0.3 is 6.09 Å². The van der Waals surface area contributed by atoms with Gasteiger partial charge in [0.1, 0.15) is 6.61 Å². The van der Waals surface area contributed by atoms with Gasteiger partial charge in [0, 0.05) is 6.04 Å². The van der Waals surface area contributed by atoms with Crippen LogP contribution in [0, 0.1) is 0 Å². The standard InChI is InChI=1S/C8H13NO3/c1-3-4-6(2)9-7(10)5-12-8(9)11/h3,6-7,10H,1,4-5H2,2H3. The number of cyclic esters (lactones) is 1. The first-order chi connectivity index (χ1) is 5.66. The number of carbonyl (C=O) groups excluding carboxylic acids is 1. The van der Waals surface area contributed by atoms with E-state index in [2.05, 4.69) is 11.3 Å². The molecule has 1 saturated heterocycles. The zero-order valence-corrected chi connectivity index (χ0v) is 7.06. The van der Waals surface area contributed by atoms with Crippen molar-refractivity contribution in [3.05, 3.63) is 12.7 Å². The summed E-state index contributed by atoms with van der Waals surface area (Å²) in [7, 11) is 0. The number of aliphatic hydroxyl groups is 1. The average molecular weight is 171 g/mol. The van der Waals surface area contributed by atoms with Crippen LogP contribution in [0.2, 0.25) is 0 Å². The third-order valence-corrected chi connectivity index (χ3v) is 1.87. The lowest BCUT2D eigenvalue weighted by Crippen LogP contribution is -2.40. The Morgan fingerprint density at radius 3 is 3.08 bits per heavy atom. The molecule has 12 heavy (non-hydrogen) atoms. The van der Waals surface area contributed by atoms with Crippen LogP contribution in [0.1, 0.15) is 13.3 Å². The predicted octanol–water partition coefficient (Wildman–Crippen LogP) is 0.722. The van der Waals surface area contributed by atoms with Gasteiger partial charge in [0.15, 0.2) is 6.23 Å². The topological polar surface area (TPSA) is 49.8 Å². The second kappa shape index (κ2) is 3.58. The molecule has 4 heteroatoms. The summed E-state index contributed by atoms with van der Waals surface area (Å²) in [6.07, 6.45) is 1.12. The Kier molecular flexibility index (Phi) is 2.70. The van der Waals surface area contributed by atoms with Crippen molar-refractivity contribution in [1.82, 2.24) is 4.90 Å². The van der Waals surface area contributed by atoms with Crippen molar-refractivity contribution in [2.45, 2.75) is 25.6 Å². The normalized spacial score (nSPS) is 25.3. The number of hydrogen-bond acceptors (Lipinski definition) is 3. The monoisotopic (exact) mass is 171 g/mol. The number of carbonyl (C=O) groups is 1. The van der Waals surface area contributed by atoms with Crippen molar-refractivity contribution < 1.29 is 14.6 Å². The molecule has 0 aromatic heterocycles. The summed E-state index contributed by atoms with van der Waals surface area (Å²) < 4.78 is 4.65. The molecule has 1 N–H and O–H groups in total. The zero-order valence-electron chi connectivity index (χ0n) is 7.06. The second-order valence-corrected chi connectivity index (χ2v) is 2.84. The van der Waals surface area contributed by atoms with Crippen LogP contribution >= 0.6 is 0 Å². The van der Waals surface area contributed by atoms with Gasteiger partial charge in [0.2, 0.25) is 0 Å². The Labute approximate surface area is 71.4 Å². The highest BCUT2D eigenvalue weighted by Crippen LogP contribution is 2.15. The fourth-order valence-electron chi connectivity index (χ4n) is 1.25. The summed E-state index contributed by atoms with van der Waals surface area (Å²) >= 11 is 0. The Bertz CT molecular complexity index is 193. The highest BCUT2D eigenvalue weighted by Gasteiger charge is 2.34. The average Bonchev–Trinajstić information content (AvgIpc) is 2.32. The Hall–Kier alpha value is -1.03. The van der Waals surface area contributed by atoms with Crippen molar-refractivity contribution >= 4 is 6.09 Å². The minimum atomic E-state index is -0.799. The molecule has 68 valence electrons. The highest BCUT2D eigenvalue weighted by atomic mass is 16.6. The van der Waals surface area contributed by atoms with E-state index in [4.69, 9.17) is 0 Å². The van der Waals surface area contributed by atoms with E-state index < -0.39 is 12.3 Å². The molecule has 2 atom stereocenters. The maximum atomic E-state index is 11.0. The molecule has 1 aliphatic heterocycles. The van der Waals surface area contributed by atoms with Crippen LogP contribution in [0.3, 0.4) is 0 Å². The maximum Gasteiger partial charge on any atom is 0.412 e. The highest BCUT2D eigenvalue weighted by molar-refractivity contribution is 5.70. The number of amides is 1. The third kappa shape index (κ3) is 1.58. The molecule has 0 aromatic rings. The minimum absolute atomic E-state index is 0.0486. The smallest absolute Gasteiger partial charge is 0.412 e. The van der Waals surface area contributed by atoms with Gasteiger partial charge in [-0.25, -0.2) is 4.79 Å². The molecular formula is C8H13NO3. The Morgan fingerprint density at radius 2 is 2.67 bits per heavy atom. The lowest BCUT2D eigenvalue weighted by atomic mass is 10.2. The molecule has 1 aliphatic rings. The molecule has 4 nitrogen and oxygen atoms in total. The fraction of sp³-hybridized carbons (Fsp3) is 0.625. The van der Waals surface area contributed by atoms with E-state index in [9.17, 15) is 9.90 Å². The van der Waals surface area contributed by atoms with E-state index in [1.165, 1.54) is 4.90 Å². The summed E-state index contributed by atoms with van der Waals surface area (Å²) in [6, 6.07) is -0.0486. The van der Waals surface area contributed by atoms with E-state index in [0.717, 1.165) is 0 Å². The first kappa shape index (κ1) is 9.06. The quantitative estimate of drug-likeness (QED) is 0.636. The van der Waals surface area contributed by atoms with Gasteiger partial charge in [-0.2, -0.15) is 0 Å². The van der Waals surface area contributed by atoms with E-state index in [1.807, 2.05) is 6.92 Å². The molecule has 0 spiro atoms. The number of rotatable bonds is 3. The van der Waals surface area contributed by atoms with E-state index in [0.29, 0.717) is 6.42 Å². The lowest BCUT2D eigenvalue weighted by molar-refractivity contribution is 0.0399. The number of nitrogens with zero attached hydrogens (tertiary/aromatic N) is 1. The zero-order chi connectivity index (χ0) is 9.14. The van der Waals surface area contributed by atoms with Gasteiger partial charge in [-0.1, -0.05) is 6.08 Å². The van der Waals surface area contributed by atoms with Gasteiger partial charge in [-0.15, -0.1) is 6.58 Å². The Morgan fingerprint density at radius 1 is 2.00 bits per heavy atom. The van der Waals surface area contributed by atoms with Gasteiger partial charge in [-0.3, -0.25) is 4.90 Å². The fourth-order valence-corrected chi connectivity index (χ4v) is 1.25.